The van der Waals surface area contributed by atoms with Crippen LogP contribution in [0, 0.1) is 35.5 Å². The van der Waals surface area contributed by atoms with Crippen LogP contribution in [-0.2, 0) is 57.2 Å². The van der Waals surface area contributed by atoms with E-state index in [2.05, 4.69) is 0 Å². The van der Waals surface area contributed by atoms with Crippen LogP contribution >= 0.6 is 0 Å². The third-order valence-electron chi connectivity index (χ3n) is 15.2. The van der Waals surface area contributed by atoms with Gasteiger partial charge in [0.15, 0.2) is 18.0 Å². The van der Waals surface area contributed by atoms with E-state index >= 15 is 0 Å². The summed E-state index contributed by atoms with van der Waals surface area (Å²) in [5.41, 5.74) is 1.30. The minimum atomic E-state index is -2.45. The lowest BCUT2D eigenvalue weighted by atomic mass is 9.78. The fourth-order valence-electron chi connectivity index (χ4n) is 10.7. The van der Waals surface area contributed by atoms with Crippen LogP contribution in [0.2, 0.25) is 0 Å². The summed E-state index contributed by atoms with van der Waals surface area (Å²) in [4.78, 5) is 87.9. The number of nitrogens with zero attached hydrogens (tertiary/aromatic N) is 2. The van der Waals surface area contributed by atoms with E-state index in [1.165, 1.54) is 12.0 Å². The second kappa shape index (κ2) is 28.0. The molecule has 0 radical (unpaired) electrons. The SMILES string of the molecule is COC1CC2CCC(C)[C@](O)(O2)C(=O)C(=O)N2CCCCC2C(=O)OC(C(C)CC2CCC(O)C(OC)C2)CC(=O)C(C)C=C(C)C(OC(=O)CN(C)C)C(OC)C(=O)C(C)CC(C)\C=C/C=C\C=C/1C. The highest BCUT2D eigenvalue weighted by atomic mass is 16.6. The Morgan fingerprint density at radius 2 is 1.59 bits per heavy atom. The summed E-state index contributed by atoms with van der Waals surface area (Å²) in [5.74, 6) is -8.85. The third-order valence-corrected chi connectivity index (χ3v) is 15.2. The number of esters is 2. The number of hydrogen-bond donors (Lipinski definition) is 2. The predicted octanol–water partition coefficient (Wildman–Crippen LogP) is 6.29. The molecule has 0 spiro atoms. The number of amides is 1. The van der Waals surface area contributed by atoms with Crippen molar-refractivity contribution in [1.29, 1.82) is 0 Å². The number of carbonyl (C=O) groups excluding carboxylic acids is 6. The van der Waals surface area contributed by atoms with Gasteiger partial charge in [0, 0.05) is 58.5 Å². The van der Waals surface area contributed by atoms with E-state index in [1.54, 1.807) is 60.1 Å². The zero-order valence-corrected chi connectivity index (χ0v) is 44.6. The number of cyclic esters (lactones) is 1. The molecule has 1 aliphatic carbocycles. The van der Waals surface area contributed by atoms with E-state index in [0.29, 0.717) is 69.8 Å². The van der Waals surface area contributed by atoms with Gasteiger partial charge in [0.2, 0.25) is 5.79 Å². The van der Waals surface area contributed by atoms with Gasteiger partial charge in [-0.1, -0.05) is 71.1 Å². The Morgan fingerprint density at radius 3 is 2.25 bits per heavy atom. The molecular formula is C55H86N2O14. The largest absolute Gasteiger partial charge is 0.460 e. The number of ketones is 3. The standard InChI is InChI=1S/C55H86N2O14/c1-33-18-14-13-15-19-34(2)45(66-10)30-41-23-21-39(7)55(65,71-41)52(62)53(63)57-25-17-16-20-42(57)54(64)69-46(36(4)28-40-22-24-43(58)47(29-40)67-11)31-44(59)35(3)27-38(6)50(70-48(60)32-56(8)9)51(68-12)49(61)37(5)26-33/h13-15,18-19,27,33,35-37,39-43,45-47,50-51,58,65H,16-17,20-26,28-32H2,1-12H3/b15-13-,18-14-,34-19-,38-27?/t33?,35?,36?,37?,39?,40?,41?,42?,43?,45?,46?,47?,50?,51?,55-/m0/s1. The normalized spacial score (nSPS) is 37.3. The van der Waals surface area contributed by atoms with Crippen molar-refractivity contribution in [2.75, 3.05) is 48.5 Å². The Kier molecular flexibility index (Phi) is 23.5. The minimum absolute atomic E-state index is 0.0246. The molecule has 14 unspecified atom stereocenters. The Labute approximate surface area is 422 Å². The van der Waals surface area contributed by atoms with Gasteiger partial charge in [0.25, 0.3) is 11.7 Å². The van der Waals surface area contributed by atoms with Crippen LogP contribution in [0.3, 0.4) is 0 Å². The average Bonchev–Trinajstić information content (AvgIpc) is 3.32. The third kappa shape index (κ3) is 16.6. The molecule has 71 heavy (non-hydrogen) atoms. The fraction of sp³-hybridized carbons (Fsp3) is 0.745. The van der Waals surface area contributed by atoms with Crippen LogP contribution in [-0.4, -0.2) is 158 Å². The van der Waals surface area contributed by atoms with Crippen LogP contribution in [0.5, 0.6) is 0 Å². The maximum atomic E-state index is 14.5. The summed E-state index contributed by atoms with van der Waals surface area (Å²) in [7, 11) is 7.98. The summed E-state index contributed by atoms with van der Waals surface area (Å²) in [6, 6.07) is -1.17. The maximum absolute atomic E-state index is 14.5. The van der Waals surface area contributed by atoms with Crippen molar-refractivity contribution >= 4 is 35.2 Å². The van der Waals surface area contributed by atoms with Crippen LogP contribution in [0.15, 0.2) is 47.6 Å². The van der Waals surface area contributed by atoms with Gasteiger partial charge in [-0.25, -0.2) is 4.79 Å². The van der Waals surface area contributed by atoms with Crippen molar-refractivity contribution in [3.63, 3.8) is 0 Å². The van der Waals surface area contributed by atoms with E-state index in [-0.39, 0.29) is 61.4 Å². The molecule has 3 heterocycles. The Balaban J connectivity index is 1.77. The average molecular weight is 999 g/mol. The van der Waals surface area contributed by atoms with Crippen molar-refractivity contribution < 1.29 is 67.4 Å². The van der Waals surface area contributed by atoms with Gasteiger partial charge in [-0.2, -0.15) is 0 Å². The summed E-state index contributed by atoms with van der Waals surface area (Å²) in [6.45, 7) is 12.7. The molecule has 3 aliphatic heterocycles. The highest BCUT2D eigenvalue weighted by molar-refractivity contribution is 6.39. The van der Waals surface area contributed by atoms with Crippen molar-refractivity contribution in [2.24, 2.45) is 35.5 Å². The number of allylic oxidation sites excluding steroid dienone is 6. The quantitative estimate of drug-likeness (QED) is 0.148. The molecule has 0 aromatic heterocycles. The van der Waals surface area contributed by atoms with Gasteiger partial charge in [-0.15, -0.1) is 0 Å². The number of hydrogen-bond acceptors (Lipinski definition) is 15. The van der Waals surface area contributed by atoms with E-state index in [9.17, 15) is 39.0 Å². The van der Waals surface area contributed by atoms with Gasteiger partial charge in [0.1, 0.15) is 17.9 Å². The van der Waals surface area contributed by atoms with Gasteiger partial charge >= 0.3 is 11.9 Å². The highest BCUT2D eigenvalue weighted by Gasteiger charge is 2.53. The summed E-state index contributed by atoms with van der Waals surface area (Å²) in [6.07, 6.45) is 11.0. The lowest BCUT2D eigenvalue weighted by molar-refractivity contribution is -0.265. The minimum Gasteiger partial charge on any atom is -0.460 e. The highest BCUT2D eigenvalue weighted by Crippen LogP contribution is 2.38. The summed E-state index contributed by atoms with van der Waals surface area (Å²) < 4.78 is 35.8. The lowest BCUT2D eigenvalue weighted by Gasteiger charge is -2.42. The molecule has 3 fully saturated rings. The zero-order chi connectivity index (χ0) is 52.7. The van der Waals surface area contributed by atoms with E-state index in [1.807, 2.05) is 58.1 Å². The number of aliphatic hydroxyl groups excluding tert-OH is 1. The second-order valence-corrected chi connectivity index (χ2v) is 21.3. The molecule has 15 atom stereocenters. The zero-order valence-electron chi connectivity index (χ0n) is 44.6. The first-order valence-electron chi connectivity index (χ1n) is 25.9. The number of Topliss-reactive ketones (excluding diaryl/α,β-unsaturated/α-hetero) is 3. The van der Waals surface area contributed by atoms with E-state index in [4.69, 9.17) is 28.4 Å². The molecule has 4 rings (SSSR count). The van der Waals surface area contributed by atoms with Crippen LogP contribution in [0.1, 0.15) is 126 Å². The Hall–Kier alpha value is -3.90. The molecule has 400 valence electrons. The number of likely N-dealkylation sites (N-methyl/N-ethyl adjacent to an activating group) is 1. The Bertz CT molecular complexity index is 1950. The molecule has 16 nitrogen and oxygen atoms in total. The first kappa shape index (κ1) is 59.7. The Morgan fingerprint density at radius 1 is 0.873 bits per heavy atom. The number of rotatable bonds is 9. The molecule has 2 bridgehead atoms. The smallest absolute Gasteiger partial charge is 0.329 e. The van der Waals surface area contributed by atoms with Crippen molar-refractivity contribution in [2.45, 2.75) is 180 Å². The summed E-state index contributed by atoms with van der Waals surface area (Å²) >= 11 is 0. The fourth-order valence-corrected chi connectivity index (χ4v) is 10.7. The monoisotopic (exact) mass is 999 g/mol. The van der Waals surface area contributed by atoms with Crippen molar-refractivity contribution in [3.05, 3.63) is 47.6 Å². The van der Waals surface area contributed by atoms with E-state index in [0.717, 1.165) is 5.57 Å². The number of aliphatic hydroxyl groups is 2. The predicted molar refractivity (Wildman–Crippen MR) is 268 cm³/mol. The number of methoxy groups -OCH3 is 3. The van der Waals surface area contributed by atoms with Crippen LogP contribution in [0.4, 0.5) is 0 Å². The molecule has 1 amide bonds. The second-order valence-electron chi connectivity index (χ2n) is 21.3. The van der Waals surface area contributed by atoms with Gasteiger partial charge in [-0.05, 0) is 121 Å². The molecule has 1 saturated carbocycles. The molecule has 0 aromatic rings. The molecule has 0 aromatic carbocycles. The number of fused-ring (bicyclic) bond motifs is 3. The molecule has 4 aliphatic rings. The van der Waals surface area contributed by atoms with Gasteiger partial charge in [-0.3, -0.25) is 28.9 Å². The maximum Gasteiger partial charge on any atom is 0.329 e. The first-order chi connectivity index (χ1) is 33.5. The van der Waals surface area contributed by atoms with Gasteiger partial charge < -0.3 is 43.5 Å². The molecular weight excluding hydrogens is 913 g/mol. The van der Waals surface area contributed by atoms with Gasteiger partial charge in [0.05, 0.1) is 31.0 Å². The van der Waals surface area contributed by atoms with Crippen LogP contribution in [0.25, 0.3) is 0 Å². The molecule has 2 N–H and O–H groups in total. The molecule has 16 heteroatoms. The first-order valence-corrected chi connectivity index (χ1v) is 25.9. The summed E-state index contributed by atoms with van der Waals surface area (Å²) in [5, 5.41) is 22.6. The van der Waals surface area contributed by atoms with Crippen LogP contribution < -0.4 is 0 Å². The van der Waals surface area contributed by atoms with E-state index < -0.39 is 89.8 Å². The number of piperidine rings is 1. The lowest BCUT2D eigenvalue weighted by Crippen LogP contribution is -2.61. The number of carbonyl (C=O) groups is 6. The molecule has 2 saturated heterocycles. The van der Waals surface area contributed by atoms with Crippen molar-refractivity contribution in [3.8, 4) is 0 Å². The number of ether oxygens (including phenoxy) is 6. The van der Waals surface area contributed by atoms with Crippen molar-refractivity contribution in [1.82, 2.24) is 9.80 Å². The topological polar surface area (TPSA) is 205 Å².